The van der Waals surface area contributed by atoms with Gasteiger partial charge in [0.05, 0.1) is 59.0 Å². The lowest BCUT2D eigenvalue weighted by Gasteiger charge is -2.43. The molecule has 274 valence electrons. The zero-order chi connectivity index (χ0) is 34.1. The second-order valence-electron chi connectivity index (χ2n) is 13.1. The van der Waals surface area contributed by atoms with Crippen LogP contribution in [0.5, 0.6) is 0 Å². The molecule has 2 rings (SSSR count). The Kier molecular flexibility index (Phi) is 22.9. The number of hydrogen-bond donors (Lipinski definition) is 4. The molecular weight excluding hydrogens is 606 g/mol. The van der Waals surface area contributed by atoms with E-state index in [2.05, 4.69) is 22.9 Å². The van der Waals surface area contributed by atoms with Gasteiger partial charge in [-0.1, -0.05) is 26.2 Å². The van der Waals surface area contributed by atoms with E-state index < -0.39 is 12.0 Å². The van der Waals surface area contributed by atoms with Gasteiger partial charge in [-0.25, -0.2) is 0 Å². The van der Waals surface area contributed by atoms with Crippen LogP contribution in [-0.4, -0.2) is 115 Å². The summed E-state index contributed by atoms with van der Waals surface area (Å²) in [5, 5.41) is 18.0. The zero-order valence-electron chi connectivity index (χ0n) is 29.4. The van der Waals surface area contributed by atoms with Crippen LogP contribution in [-0.2, 0) is 38.1 Å². The Hall–Kier alpha value is -1.83. The number of nitrogens with one attached hydrogen (secondary N) is 3. The molecule has 0 bridgehead atoms. The van der Waals surface area contributed by atoms with Gasteiger partial charge in [-0.05, 0) is 82.1 Å². The molecule has 0 aromatic heterocycles. The smallest absolute Gasteiger partial charge is 0.320 e. The highest BCUT2D eigenvalue weighted by molar-refractivity contribution is 5.75. The number of carbonyl (C=O) groups is 3. The lowest BCUT2D eigenvalue weighted by Crippen LogP contribution is -2.38. The predicted octanol–water partition coefficient (Wildman–Crippen LogP) is 3.56. The van der Waals surface area contributed by atoms with E-state index in [0.29, 0.717) is 90.3 Å². The molecule has 2 aliphatic carbocycles. The Balaban J connectivity index is 1.39. The summed E-state index contributed by atoms with van der Waals surface area (Å²) in [6.07, 6.45) is 12.8. The minimum absolute atomic E-state index is 0.00130. The summed E-state index contributed by atoms with van der Waals surface area (Å²) in [4.78, 5) is 34.2. The van der Waals surface area contributed by atoms with Crippen LogP contribution in [0.1, 0.15) is 90.9 Å². The number of carboxylic acids is 1. The third kappa shape index (κ3) is 19.1. The molecule has 0 aromatic carbocycles. The number of hydrogen-bond acceptors (Lipinski definition) is 9. The Morgan fingerprint density at radius 1 is 0.766 bits per heavy atom. The van der Waals surface area contributed by atoms with E-state index in [1.165, 1.54) is 32.6 Å². The summed E-state index contributed by atoms with van der Waals surface area (Å²) in [7, 11) is 1.74. The number of unbranched alkanes of at least 4 members (excludes halogenated alkanes) is 1. The Morgan fingerprint density at radius 2 is 1.40 bits per heavy atom. The van der Waals surface area contributed by atoms with E-state index >= 15 is 0 Å². The number of rotatable bonds is 27. The Bertz CT molecular complexity index is 841. The van der Waals surface area contributed by atoms with E-state index in [1.807, 2.05) is 0 Å². The van der Waals surface area contributed by atoms with Gasteiger partial charge in [0.15, 0.2) is 0 Å². The van der Waals surface area contributed by atoms with Crippen LogP contribution >= 0.6 is 0 Å². The van der Waals surface area contributed by atoms with Crippen molar-refractivity contribution in [3.63, 3.8) is 0 Å². The number of likely N-dealkylation sites (N-methyl/N-ethyl adjacent to an activating group) is 1. The zero-order valence-corrected chi connectivity index (χ0v) is 29.4. The summed E-state index contributed by atoms with van der Waals surface area (Å²) in [5.41, 5.74) is 0. The first-order valence-electron chi connectivity index (χ1n) is 18.2. The van der Waals surface area contributed by atoms with Crippen LogP contribution in [0.15, 0.2) is 0 Å². The summed E-state index contributed by atoms with van der Waals surface area (Å²) >= 11 is 0. The van der Waals surface area contributed by atoms with Crippen molar-refractivity contribution in [2.75, 3.05) is 79.6 Å². The van der Waals surface area contributed by atoms with Gasteiger partial charge >= 0.3 is 5.97 Å². The second-order valence-corrected chi connectivity index (χ2v) is 13.1. The van der Waals surface area contributed by atoms with Crippen molar-refractivity contribution < 1.29 is 43.2 Å². The number of ether oxygens (including phenoxy) is 5. The van der Waals surface area contributed by atoms with Crippen LogP contribution < -0.4 is 16.0 Å². The van der Waals surface area contributed by atoms with E-state index in [0.717, 1.165) is 63.4 Å². The molecule has 4 atom stereocenters. The van der Waals surface area contributed by atoms with E-state index in [4.69, 9.17) is 23.7 Å². The first kappa shape index (κ1) is 41.3. The number of carbonyl (C=O) groups excluding carboxylic acids is 2. The summed E-state index contributed by atoms with van der Waals surface area (Å²) in [5.74, 6) is 1.98. The molecular formula is C35H65N3O9. The van der Waals surface area contributed by atoms with Gasteiger partial charge in [-0.3, -0.25) is 14.4 Å². The lowest BCUT2D eigenvalue weighted by molar-refractivity contribution is -0.140. The molecule has 0 aromatic rings. The fourth-order valence-electron chi connectivity index (χ4n) is 7.03. The Morgan fingerprint density at radius 3 is 2.00 bits per heavy atom. The van der Waals surface area contributed by atoms with Crippen LogP contribution in [0, 0.1) is 23.7 Å². The molecule has 0 aliphatic heterocycles. The van der Waals surface area contributed by atoms with Crippen LogP contribution in [0.25, 0.3) is 0 Å². The average molecular weight is 672 g/mol. The minimum atomic E-state index is -0.737. The van der Waals surface area contributed by atoms with Crippen molar-refractivity contribution in [2.45, 2.75) is 103 Å². The molecule has 2 saturated carbocycles. The highest BCUT2D eigenvalue weighted by Gasteiger charge is 2.37. The maximum Gasteiger partial charge on any atom is 0.320 e. The van der Waals surface area contributed by atoms with Gasteiger partial charge in [-0.15, -0.1) is 0 Å². The largest absolute Gasteiger partial charge is 0.480 e. The van der Waals surface area contributed by atoms with Crippen molar-refractivity contribution in [1.82, 2.24) is 16.0 Å². The number of carboxylic acid groups (broad SMARTS) is 1. The normalized spacial score (nSPS) is 23.7. The van der Waals surface area contributed by atoms with Gasteiger partial charge in [-0.2, -0.15) is 0 Å². The first-order chi connectivity index (χ1) is 22.8. The first-order valence-corrected chi connectivity index (χ1v) is 18.2. The van der Waals surface area contributed by atoms with E-state index in [1.54, 1.807) is 7.05 Å². The van der Waals surface area contributed by atoms with Crippen LogP contribution in [0.4, 0.5) is 0 Å². The highest BCUT2D eigenvalue weighted by atomic mass is 16.6. The molecule has 12 heteroatoms. The van der Waals surface area contributed by atoms with Gasteiger partial charge < -0.3 is 44.7 Å². The van der Waals surface area contributed by atoms with Crippen molar-refractivity contribution in [2.24, 2.45) is 23.7 Å². The predicted molar refractivity (Wildman–Crippen MR) is 180 cm³/mol. The number of aliphatic carboxylic acids is 1. The van der Waals surface area contributed by atoms with Gasteiger partial charge in [0.2, 0.25) is 11.8 Å². The topological polar surface area (TPSA) is 154 Å². The van der Waals surface area contributed by atoms with Gasteiger partial charge in [0.25, 0.3) is 0 Å². The second kappa shape index (κ2) is 26.1. The molecule has 2 amide bonds. The molecule has 2 aliphatic rings. The van der Waals surface area contributed by atoms with Crippen molar-refractivity contribution in [3.8, 4) is 0 Å². The third-order valence-corrected chi connectivity index (χ3v) is 9.69. The van der Waals surface area contributed by atoms with E-state index in [-0.39, 0.29) is 11.8 Å². The molecule has 47 heavy (non-hydrogen) atoms. The maximum atomic E-state index is 12.1. The van der Waals surface area contributed by atoms with Crippen molar-refractivity contribution in [3.05, 3.63) is 0 Å². The third-order valence-electron chi connectivity index (χ3n) is 9.69. The van der Waals surface area contributed by atoms with Crippen molar-refractivity contribution in [1.29, 1.82) is 0 Å². The van der Waals surface area contributed by atoms with Crippen LogP contribution in [0.2, 0.25) is 0 Å². The standard InChI is InChI=1S/C35H65N3O9/c1-4-29-26-31(11-12-32(29)30-9-7-28(8-10-30)25-33(36-3)35(41)42)47-16-6-5-14-38-34(40)13-17-43-19-21-45-23-24-46-22-20-44-18-15-37-27(2)39/h28-33,36H,4-26H2,1-3H3,(H,37,39)(H,38,40)(H,41,42). The maximum absolute atomic E-state index is 12.1. The average Bonchev–Trinajstić information content (AvgIpc) is 3.06. The Labute approximate surface area is 283 Å². The fourth-order valence-corrected chi connectivity index (χ4v) is 7.03. The number of amides is 2. The van der Waals surface area contributed by atoms with Gasteiger partial charge in [0.1, 0.15) is 6.04 Å². The molecule has 0 radical (unpaired) electrons. The van der Waals surface area contributed by atoms with Crippen LogP contribution in [0.3, 0.4) is 0 Å². The molecule has 0 spiro atoms. The summed E-state index contributed by atoms with van der Waals surface area (Å²) < 4.78 is 28.0. The summed E-state index contributed by atoms with van der Waals surface area (Å²) in [6, 6.07) is -0.425. The molecule has 0 saturated heterocycles. The summed E-state index contributed by atoms with van der Waals surface area (Å²) in [6.45, 7) is 9.30. The SMILES string of the molecule is CCC1CC(OCCCCNC(=O)CCOCCOCCOCCOCCNC(C)=O)CCC1C1CCC(CC(NC)C(=O)O)CC1. The minimum Gasteiger partial charge on any atom is -0.480 e. The molecule has 12 nitrogen and oxygen atoms in total. The molecule has 4 N–H and O–H groups in total. The van der Waals surface area contributed by atoms with Gasteiger partial charge in [0, 0.05) is 33.0 Å². The quantitative estimate of drug-likeness (QED) is 0.0954. The van der Waals surface area contributed by atoms with Crippen molar-refractivity contribution >= 4 is 17.8 Å². The van der Waals surface area contributed by atoms with E-state index in [9.17, 15) is 19.5 Å². The highest BCUT2D eigenvalue weighted by Crippen LogP contribution is 2.45. The monoisotopic (exact) mass is 671 g/mol. The molecule has 4 unspecified atom stereocenters. The fraction of sp³-hybridized carbons (Fsp3) is 0.914. The molecule has 2 fully saturated rings. The molecule has 0 heterocycles. The lowest BCUT2D eigenvalue weighted by atomic mass is 9.65.